The van der Waals surface area contributed by atoms with E-state index in [1.54, 1.807) is 4.52 Å². The first kappa shape index (κ1) is 18.1. The number of hydrogen-bond acceptors (Lipinski definition) is 5. The van der Waals surface area contributed by atoms with E-state index in [4.69, 9.17) is 21.4 Å². The maximum Gasteiger partial charge on any atom is 0.185 e. The van der Waals surface area contributed by atoms with Gasteiger partial charge in [-0.3, -0.25) is 0 Å². The normalized spacial score (nSPS) is 19.6. The van der Waals surface area contributed by atoms with Crippen LogP contribution in [0.15, 0.2) is 66.7 Å². The monoisotopic (exact) mass is 405 g/mol. The predicted octanol–water partition coefficient (Wildman–Crippen LogP) is 4.41. The van der Waals surface area contributed by atoms with Crippen LogP contribution in [0.4, 0.5) is 5.82 Å². The lowest BCUT2D eigenvalue weighted by atomic mass is 10.1. The summed E-state index contributed by atoms with van der Waals surface area (Å²) >= 11 is 6.18. The minimum absolute atomic E-state index is 0.0584. The molecule has 4 aromatic rings. The molecule has 2 atom stereocenters. The molecule has 5 rings (SSSR count). The smallest absolute Gasteiger partial charge is 0.185 e. The van der Waals surface area contributed by atoms with Gasteiger partial charge < -0.3 is 9.64 Å². The van der Waals surface area contributed by atoms with Crippen molar-refractivity contribution < 1.29 is 4.74 Å². The lowest BCUT2D eigenvalue weighted by molar-refractivity contribution is 0.0212. The molecule has 146 valence electrons. The maximum atomic E-state index is 6.18. The van der Waals surface area contributed by atoms with Gasteiger partial charge in [0.25, 0.3) is 0 Å². The Balaban J connectivity index is 1.50. The van der Waals surface area contributed by atoms with Gasteiger partial charge in [0.15, 0.2) is 11.5 Å². The Kier molecular flexibility index (Phi) is 4.66. The van der Waals surface area contributed by atoms with Gasteiger partial charge >= 0.3 is 0 Å². The third-order valence-electron chi connectivity index (χ3n) is 5.23. The molecule has 0 N–H and O–H groups in total. The second kappa shape index (κ2) is 7.46. The molecule has 1 fully saturated rings. The molecule has 1 aliphatic heterocycles. The first-order chi connectivity index (χ1) is 14.2. The van der Waals surface area contributed by atoms with E-state index < -0.39 is 0 Å². The zero-order chi connectivity index (χ0) is 19.8. The minimum Gasteiger partial charge on any atom is -0.370 e. The molecule has 7 heteroatoms. The molecule has 0 radical (unpaired) electrons. The molecular weight excluding hydrogens is 386 g/mol. The van der Waals surface area contributed by atoms with Gasteiger partial charge in [-0.25, -0.2) is 0 Å². The van der Waals surface area contributed by atoms with Gasteiger partial charge in [0.2, 0.25) is 0 Å². The van der Waals surface area contributed by atoms with E-state index >= 15 is 0 Å². The third kappa shape index (κ3) is 3.45. The number of halogens is 1. The van der Waals surface area contributed by atoms with E-state index in [1.807, 2.05) is 60.7 Å². The lowest BCUT2D eigenvalue weighted by Gasteiger charge is -2.39. The van der Waals surface area contributed by atoms with Gasteiger partial charge in [-0.15, -0.1) is 15.3 Å². The molecule has 29 heavy (non-hydrogen) atoms. The molecule has 0 amide bonds. The number of morpholine rings is 1. The second-order valence-corrected chi connectivity index (χ2v) is 7.67. The minimum atomic E-state index is -0.0584. The van der Waals surface area contributed by atoms with Gasteiger partial charge in [0, 0.05) is 10.6 Å². The van der Waals surface area contributed by atoms with Crippen molar-refractivity contribution in [3.05, 3.63) is 77.3 Å². The summed E-state index contributed by atoms with van der Waals surface area (Å²) in [6.07, 6.45) is -0.0584. The highest BCUT2D eigenvalue weighted by atomic mass is 35.5. The van der Waals surface area contributed by atoms with E-state index in [1.165, 1.54) is 0 Å². The SMILES string of the molecule is CC1COC(c2cccc(Cl)c2)CN1c1ccc2nnc(-c3ccccc3)n2n1. The Morgan fingerprint density at radius 2 is 1.86 bits per heavy atom. The van der Waals surface area contributed by atoms with Crippen molar-refractivity contribution in [2.24, 2.45) is 0 Å². The summed E-state index contributed by atoms with van der Waals surface area (Å²) in [4.78, 5) is 2.27. The van der Waals surface area contributed by atoms with Crippen molar-refractivity contribution in [2.45, 2.75) is 19.1 Å². The van der Waals surface area contributed by atoms with Crippen LogP contribution in [0.3, 0.4) is 0 Å². The number of rotatable bonds is 3. The van der Waals surface area contributed by atoms with Crippen LogP contribution in [0, 0.1) is 0 Å². The summed E-state index contributed by atoms with van der Waals surface area (Å²) in [6, 6.07) is 22.0. The van der Waals surface area contributed by atoms with Gasteiger partial charge in [-0.05, 0) is 36.8 Å². The van der Waals surface area contributed by atoms with Crippen LogP contribution in [-0.4, -0.2) is 39.0 Å². The summed E-state index contributed by atoms with van der Waals surface area (Å²) < 4.78 is 7.90. The molecule has 2 aromatic heterocycles. The van der Waals surface area contributed by atoms with Crippen molar-refractivity contribution in [3.8, 4) is 11.4 Å². The van der Waals surface area contributed by atoms with E-state index in [9.17, 15) is 0 Å². The highest BCUT2D eigenvalue weighted by Crippen LogP contribution is 2.29. The van der Waals surface area contributed by atoms with Crippen LogP contribution < -0.4 is 4.90 Å². The zero-order valence-corrected chi connectivity index (χ0v) is 16.7. The van der Waals surface area contributed by atoms with Crippen LogP contribution in [0.5, 0.6) is 0 Å². The number of hydrogen-bond donors (Lipinski definition) is 0. The van der Waals surface area contributed by atoms with Crippen LogP contribution in [-0.2, 0) is 4.74 Å². The first-order valence-electron chi connectivity index (χ1n) is 9.60. The summed E-state index contributed by atoms with van der Waals surface area (Å²) in [5.74, 6) is 1.60. The van der Waals surface area contributed by atoms with Gasteiger partial charge in [0.05, 0.1) is 19.2 Å². The van der Waals surface area contributed by atoms with Crippen molar-refractivity contribution in [1.82, 2.24) is 19.8 Å². The quantitative estimate of drug-likeness (QED) is 0.505. The zero-order valence-electron chi connectivity index (χ0n) is 15.9. The Morgan fingerprint density at radius 3 is 2.69 bits per heavy atom. The number of ether oxygens (including phenoxy) is 1. The van der Waals surface area contributed by atoms with E-state index in [-0.39, 0.29) is 12.1 Å². The molecule has 3 heterocycles. The lowest BCUT2D eigenvalue weighted by Crippen LogP contribution is -2.45. The van der Waals surface area contributed by atoms with Gasteiger partial charge in [-0.1, -0.05) is 54.1 Å². The largest absolute Gasteiger partial charge is 0.370 e. The summed E-state index contributed by atoms with van der Waals surface area (Å²) in [6.45, 7) is 3.46. The van der Waals surface area contributed by atoms with Crippen LogP contribution in [0.2, 0.25) is 5.02 Å². The Labute approximate surface area is 173 Å². The molecule has 6 nitrogen and oxygen atoms in total. The second-order valence-electron chi connectivity index (χ2n) is 7.23. The molecule has 1 saturated heterocycles. The predicted molar refractivity (Wildman–Crippen MR) is 113 cm³/mol. The Hall–Kier alpha value is -2.96. The van der Waals surface area contributed by atoms with Gasteiger partial charge in [-0.2, -0.15) is 4.52 Å². The number of anilines is 1. The van der Waals surface area contributed by atoms with Crippen molar-refractivity contribution in [1.29, 1.82) is 0 Å². The molecule has 0 saturated carbocycles. The van der Waals surface area contributed by atoms with Crippen LogP contribution in [0.1, 0.15) is 18.6 Å². The molecule has 2 unspecified atom stereocenters. The standard InChI is InChI=1S/C22H20ClN5O/c1-15-14-29-19(17-8-5-9-18(23)12-17)13-27(15)21-11-10-20-24-25-22(28(20)26-21)16-6-3-2-4-7-16/h2-12,15,19H,13-14H2,1H3. The highest BCUT2D eigenvalue weighted by molar-refractivity contribution is 6.30. The maximum absolute atomic E-state index is 6.18. The number of fused-ring (bicyclic) bond motifs is 1. The van der Waals surface area contributed by atoms with E-state index in [0.29, 0.717) is 18.2 Å². The number of benzene rings is 2. The molecule has 2 aromatic carbocycles. The molecular formula is C22H20ClN5O. The summed E-state index contributed by atoms with van der Waals surface area (Å²) in [7, 11) is 0. The van der Waals surface area contributed by atoms with Crippen molar-refractivity contribution in [2.75, 3.05) is 18.1 Å². The Morgan fingerprint density at radius 1 is 1.00 bits per heavy atom. The fourth-order valence-corrected chi connectivity index (χ4v) is 3.88. The van der Waals surface area contributed by atoms with E-state index in [2.05, 4.69) is 28.1 Å². The first-order valence-corrected chi connectivity index (χ1v) is 9.98. The van der Waals surface area contributed by atoms with Gasteiger partial charge in [0.1, 0.15) is 11.9 Å². The summed E-state index contributed by atoms with van der Waals surface area (Å²) in [5, 5.41) is 14.2. The van der Waals surface area contributed by atoms with Crippen molar-refractivity contribution in [3.63, 3.8) is 0 Å². The van der Waals surface area contributed by atoms with Crippen molar-refractivity contribution >= 4 is 23.1 Å². The fraction of sp³-hybridized carbons (Fsp3) is 0.227. The van der Waals surface area contributed by atoms with E-state index in [0.717, 1.165) is 28.4 Å². The molecule has 0 aliphatic carbocycles. The molecule has 0 spiro atoms. The molecule has 1 aliphatic rings. The average Bonchev–Trinajstić information content (AvgIpc) is 3.18. The fourth-order valence-electron chi connectivity index (χ4n) is 3.68. The third-order valence-corrected chi connectivity index (χ3v) is 5.46. The van der Waals surface area contributed by atoms with Crippen LogP contribution >= 0.6 is 11.6 Å². The average molecular weight is 406 g/mol. The molecule has 0 bridgehead atoms. The summed E-state index contributed by atoms with van der Waals surface area (Å²) in [5.41, 5.74) is 2.78. The number of aromatic nitrogens is 4. The topological polar surface area (TPSA) is 55.5 Å². The Bertz CT molecular complexity index is 1150. The van der Waals surface area contributed by atoms with Crippen LogP contribution in [0.25, 0.3) is 17.0 Å². The number of nitrogens with zero attached hydrogens (tertiary/aromatic N) is 5. The highest BCUT2D eigenvalue weighted by Gasteiger charge is 2.28.